The van der Waals surface area contributed by atoms with Crippen molar-refractivity contribution in [2.75, 3.05) is 25.0 Å². The topological polar surface area (TPSA) is 50.4 Å². The second kappa shape index (κ2) is 7.29. The highest BCUT2D eigenvalue weighted by molar-refractivity contribution is 5.99. The number of anilines is 1. The van der Waals surface area contributed by atoms with Crippen LogP contribution in [-0.2, 0) is 4.74 Å². The van der Waals surface area contributed by atoms with Crippen LogP contribution in [0.1, 0.15) is 43.6 Å². The predicted molar refractivity (Wildman–Crippen MR) is 83.4 cm³/mol. The van der Waals surface area contributed by atoms with Crippen LogP contribution in [0, 0.1) is 6.92 Å². The van der Waals surface area contributed by atoms with Crippen molar-refractivity contribution in [3.8, 4) is 0 Å². The molecule has 1 rings (SSSR count). The summed E-state index contributed by atoms with van der Waals surface area (Å²) in [5.74, 6) is -0.0753. The molecule has 0 bridgehead atoms. The summed E-state index contributed by atoms with van der Waals surface area (Å²) in [5.41, 5.74) is 2.32. The first-order chi connectivity index (χ1) is 9.39. The molecule has 0 aliphatic carbocycles. The number of ether oxygens (including phenoxy) is 1. The number of carbonyl (C=O) groups excluding carboxylic acids is 1. The summed E-state index contributed by atoms with van der Waals surface area (Å²) in [6.45, 7) is 11.8. The summed E-state index contributed by atoms with van der Waals surface area (Å²) in [4.78, 5) is 12.3. The first kappa shape index (κ1) is 16.5. The van der Waals surface area contributed by atoms with Gasteiger partial charge in [0.25, 0.3) is 5.91 Å². The first-order valence-electron chi connectivity index (χ1n) is 7.16. The predicted octanol–water partition coefficient (Wildman–Crippen LogP) is 2.97. The Balaban J connectivity index is 2.77. The quantitative estimate of drug-likeness (QED) is 0.806. The highest BCUT2D eigenvalue weighted by Crippen LogP contribution is 2.18. The number of amides is 1. The second-order valence-electron chi connectivity index (χ2n) is 5.45. The van der Waals surface area contributed by atoms with Crippen LogP contribution in [0.3, 0.4) is 0 Å². The van der Waals surface area contributed by atoms with E-state index in [4.69, 9.17) is 4.74 Å². The van der Waals surface area contributed by atoms with Crippen LogP contribution < -0.4 is 10.6 Å². The fourth-order valence-corrected chi connectivity index (χ4v) is 2.02. The molecule has 0 saturated carbocycles. The van der Waals surface area contributed by atoms with E-state index in [1.165, 1.54) is 0 Å². The van der Waals surface area contributed by atoms with Gasteiger partial charge in [0.05, 0.1) is 11.2 Å². The van der Waals surface area contributed by atoms with Gasteiger partial charge in [-0.1, -0.05) is 6.07 Å². The molecule has 1 aromatic rings. The zero-order valence-corrected chi connectivity index (χ0v) is 13.2. The Morgan fingerprint density at radius 1 is 1.30 bits per heavy atom. The van der Waals surface area contributed by atoms with E-state index >= 15 is 0 Å². The molecule has 0 saturated heterocycles. The van der Waals surface area contributed by atoms with Crippen LogP contribution >= 0.6 is 0 Å². The number of hydrogen-bond acceptors (Lipinski definition) is 3. The van der Waals surface area contributed by atoms with Gasteiger partial charge in [-0.25, -0.2) is 0 Å². The SMILES string of the molecule is CCNc1cc(C)ccc1C(=O)NCC(C)(C)OCC. The van der Waals surface area contributed by atoms with Gasteiger partial charge in [-0.2, -0.15) is 0 Å². The Bertz CT molecular complexity index is 456. The van der Waals surface area contributed by atoms with Crippen LogP contribution in [0.2, 0.25) is 0 Å². The number of carbonyl (C=O) groups is 1. The van der Waals surface area contributed by atoms with Crippen molar-refractivity contribution < 1.29 is 9.53 Å². The Hall–Kier alpha value is -1.55. The van der Waals surface area contributed by atoms with Gasteiger partial charge in [0, 0.05) is 25.4 Å². The van der Waals surface area contributed by atoms with Crippen LogP contribution in [0.25, 0.3) is 0 Å². The summed E-state index contributed by atoms with van der Waals surface area (Å²) in [5, 5.41) is 6.17. The van der Waals surface area contributed by atoms with E-state index in [0.29, 0.717) is 18.7 Å². The van der Waals surface area contributed by atoms with Gasteiger partial charge in [0.1, 0.15) is 0 Å². The lowest BCUT2D eigenvalue weighted by Gasteiger charge is -2.25. The van der Waals surface area contributed by atoms with Gasteiger partial charge in [-0.15, -0.1) is 0 Å². The average molecular weight is 278 g/mol. The second-order valence-corrected chi connectivity index (χ2v) is 5.45. The molecule has 20 heavy (non-hydrogen) atoms. The average Bonchev–Trinajstić information content (AvgIpc) is 2.37. The highest BCUT2D eigenvalue weighted by atomic mass is 16.5. The van der Waals surface area contributed by atoms with Crippen LogP contribution in [-0.4, -0.2) is 31.2 Å². The lowest BCUT2D eigenvalue weighted by atomic mass is 10.1. The molecule has 0 heterocycles. The molecule has 4 heteroatoms. The fraction of sp³-hybridized carbons (Fsp3) is 0.562. The van der Waals surface area contributed by atoms with Crippen LogP contribution in [0.15, 0.2) is 18.2 Å². The lowest BCUT2D eigenvalue weighted by Crippen LogP contribution is -2.40. The molecule has 0 aliphatic rings. The van der Waals surface area contributed by atoms with Gasteiger partial charge >= 0.3 is 0 Å². The molecule has 0 aromatic heterocycles. The summed E-state index contributed by atoms with van der Waals surface area (Å²) in [6.07, 6.45) is 0. The molecule has 112 valence electrons. The third-order valence-corrected chi connectivity index (χ3v) is 3.00. The van der Waals surface area contributed by atoms with Gasteiger partial charge in [0.15, 0.2) is 0 Å². The van der Waals surface area contributed by atoms with Crippen LogP contribution in [0.4, 0.5) is 5.69 Å². The summed E-state index contributed by atoms with van der Waals surface area (Å²) < 4.78 is 5.58. The number of nitrogens with one attached hydrogen (secondary N) is 2. The molecule has 2 N–H and O–H groups in total. The third kappa shape index (κ3) is 4.85. The van der Waals surface area contributed by atoms with Gasteiger partial charge in [-0.05, 0) is 52.3 Å². The summed E-state index contributed by atoms with van der Waals surface area (Å²) in [7, 11) is 0. The van der Waals surface area contributed by atoms with Crippen molar-refractivity contribution in [2.24, 2.45) is 0 Å². The molecule has 0 aliphatic heterocycles. The molecule has 0 spiro atoms. The molecule has 1 aromatic carbocycles. The standard InChI is InChI=1S/C16H26N2O2/c1-6-17-14-10-12(3)8-9-13(14)15(19)18-11-16(4,5)20-7-2/h8-10,17H,6-7,11H2,1-5H3,(H,18,19). The molecule has 0 unspecified atom stereocenters. The maximum Gasteiger partial charge on any atom is 0.253 e. The smallest absolute Gasteiger partial charge is 0.253 e. The minimum absolute atomic E-state index is 0.0753. The van der Waals surface area contributed by atoms with Crippen LogP contribution in [0.5, 0.6) is 0 Å². The molecule has 0 fully saturated rings. The van der Waals surface area contributed by atoms with Gasteiger partial charge in [-0.3, -0.25) is 4.79 Å². The van der Waals surface area contributed by atoms with Crippen molar-refractivity contribution >= 4 is 11.6 Å². The highest BCUT2D eigenvalue weighted by Gasteiger charge is 2.20. The fourth-order valence-electron chi connectivity index (χ4n) is 2.02. The van der Waals surface area contributed by atoms with Crippen molar-refractivity contribution in [1.29, 1.82) is 0 Å². The molecule has 0 radical (unpaired) electrons. The molecule has 0 atom stereocenters. The van der Waals surface area contributed by atoms with E-state index < -0.39 is 0 Å². The maximum atomic E-state index is 12.3. The van der Waals surface area contributed by atoms with E-state index in [1.807, 2.05) is 52.8 Å². The minimum atomic E-state index is -0.354. The minimum Gasteiger partial charge on any atom is -0.385 e. The molecule has 4 nitrogen and oxygen atoms in total. The van der Waals surface area contributed by atoms with E-state index in [1.54, 1.807) is 0 Å². The van der Waals surface area contributed by atoms with E-state index in [2.05, 4.69) is 10.6 Å². The van der Waals surface area contributed by atoms with Gasteiger partial charge in [0.2, 0.25) is 0 Å². The van der Waals surface area contributed by atoms with E-state index in [9.17, 15) is 4.79 Å². The third-order valence-electron chi connectivity index (χ3n) is 3.00. The Morgan fingerprint density at radius 3 is 2.60 bits per heavy atom. The van der Waals surface area contributed by atoms with Crippen molar-refractivity contribution in [2.45, 2.75) is 40.2 Å². The number of benzene rings is 1. The van der Waals surface area contributed by atoms with Crippen molar-refractivity contribution in [3.05, 3.63) is 29.3 Å². The zero-order chi connectivity index (χ0) is 15.2. The normalized spacial score (nSPS) is 11.2. The van der Waals surface area contributed by atoms with Gasteiger partial charge < -0.3 is 15.4 Å². The lowest BCUT2D eigenvalue weighted by molar-refractivity contribution is -0.00815. The van der Waals surface area contributed by atoms with E-state index in [0.717, 1.165) is 17.8 Å². The van der Waals surface area contributed by atoms with E-state index in [-0.39, 0.29) is 11.5 Å². The Labute approximate surface area is 121 Å². The maximum absolute atomic E-state index is 12.3. The molecular weight excluding hydrogens is 252 g/mol. The number of hydrogen-bond donors (Lipinski definition) is 2. The van der Waals surface area contributed by atoms with Crippen molar-refractivity contribution in [1.82, 2.24) is 5.32 Å². The first-order valence-corrected chi connectivity index (χ1v) is 7.16. The summed E-state index contributed by atoms with van der Waals surface area (Å²) >= 11 is 0. The molecular formula is C16H26N2O2. The largest absolute Gasteiger partial charge is 0.385 e. The summed E-state index contributed by atoms with van der Waals surface area (Å²) in [6, 6.07) is 5.80. The molecule has 1 amide bonds. The Kier molecular flexibility index (Phi) is 6.02. The number of aryl methyl sites for hydroxylation is 1. The van der Waals surface area contributed by atoms with Crippen molar-refractivity contribution in [3.63, 3.8) is 0 Å². The number of rotatable bonds is 7. The monoisotopic (exact) mass is 278 g/mol. The zero-order valence-electron chi connectivity index (χ0n) is 13.2. The Morgan fingerprint density at radius 2 is 2.00 bits per heavy atom.